The van der Waals surface area contributed by atoms with E-state index < -0.39 is 5.97 Å². The molecule has 1 amide bonds. The molecule has 0 aliphatic rings. The molecule has 0 saturated carbocycles. The van der Waals surface area contributed by atoms with Crippen molar-refractivity contribution in [1.82, 2.24) is 4.98 Å². The molecular weight excluding hydrogens is 268 g/mol. The number of nitrogens with one attached hydrogen (secondary N) is 1. The molecule has 1 aromatic carbocycles. The molecule has 0 radical (unpaired) electrons. The van der Waals surface area contributed by atoms with E-state index in [1.165, 1.54) is 6.07 Å². The maximum atomic E-state index is 12.0. The van der Waals surface area contributed by atoms with E-state index in [9.17, 15) is 9.59 Å². The van der Waals surface area contributed by atoms with Crippen molar-refractivity contribution in [2.24, 2.45) is 0 Å². The fraction of sp³-hybridized carbons (Fsp3) is 0.188. The van der Waals surface area contributed by atoms with Crippen LogP contribution in [0.2, 0.25) is 0 Å². The lowest BCUT2D eigenvalue weighted by molar-refractivity contribution is -0.115. The summed E-state index contributed by atoms with van der Waals surface area (Å²) in [6.07, 6.45) is 0.229. The average Bonchev–Trinajstić information content (AvgIpc) is 2.43. The fourth-order valence-corrected chi connectivity index (χ4v) is 1.97. The van der Waals surface area contributed by atoms with Gasteiger partial charge in [0.2, 0.25) is 5.91 Å². The topological polar surface area (TPSA) is 79.3 Å². The van der Waals surface area contributed by atoms with Crippen LogP contribution in [0.15, 0.2) is 36.4 Å². The molecule has 2 rings (SSSR count). The van der Waals surface area contributed by atoms with Crippen molar-refractivity contribution in [1.29, 1.82) is 0 Å². The Bertz CT molecular complexity index is 696. The summed E-state index contributed by atoms with van der Waals surface area (Å²) in [6, 6.07) is 10.4. The predicted octanol–water partition coefficient (Wildman–Crippen LogP) is 2.58. The summed E-state index contributed by atoms with van der Waals surface area (Å²) < 4.78 is 0. The maximum Gasteiger partial charge on any atom is 0.354 e. The molecule has 5 heteroatoms. The van der Waals surface area contributed by atoms with Gasteiger partial charge in [-0.05, 0) is 37.1 Å². The molecule has 2 aromatic rings. The first kappa shape index (κ1) is 14.7. The van der Waals surface area contributed by atoms with Gasteiger partial charge in [0, 0.05) is 0 Å². The number of benzene rings is 1. The molecule has 21 heavy (non-hydrogen) atoms. The molecule has 2 N–H and O–H groups in total. The van der Waals surface area contributed by atoms with E-state index in [-0.39, 0.29) is 23.8 Å². The highest BCUT2D eigenvalue weighted by Gasteiger charge is 2.09. The molecule has 0 aliphatic heterocycles. The summed E-state index contributed by atoms with van der Waals surface area (Å²) in [6.45, 7) is 3.92. The van der Waals surface area contributed by atoms with E-state index in [4.69, 9.17) is 5.11 Å². The first-order chi connectivity index (χ1) is 9.95. The summed E-state index contributed by atoms with van der Waals surface area (Å²) in [7, 11) is 0. The fourth-order valence-electron chi connectivity index (χ4n) is 1.97. The summed E-state index contributed by atoms with van der Waals surface area (Å²) >= 11 is 0. The number of anilines is 1. The third-order valence-corrected chi connectivity index (χ3v) is 3.09. The minimum atomic E-state index is -1.12. The number of hydrogen-bond acceptors (Lipinski definition) is 3. The monoisotopic (exact) mass is 284 g/mol. The number of pyridine rings is 1. The van der Waals surface area contributed by atoms with Gasteiger partial charge >= 0.3 is 5.97 Å². The number of aromatic nitrogens is 1. The van der Waals surface area contributed by atoms with Crippen LogP contribution in [-0.2, 0) is 11.2 Å². The Balaban J connectivity index is 2.10. The van der Waals surface area contributed by atoms with Crippen molar-refractivity contribution in [3.05, 3.63) is 58.8 Å². The van der Waals surface area contributed by atoms with Gasteiger partial charge in [-0.3, -0.25) is 4.79 Å². The third-order valence-electron chi connectivity index (χ3n) is 3.09. The Morgan fingerprint density at radius 3 is 2.67 bits per heavy atom. The number of carbonyl (C=O) groups excluding carboxylic acids is 1. The number of aryl methyl sites for hydroxylation is 2. The number of carboxylic acid groups (broad SMARTS) is 1. The molecule has 0 fully saturated rings. The zero-order chi connectivity index (χ0) is 15.4. The van der Waals surface area contributed by atoms with Gasteiger partial charge in [0.05, 0.1) is 6.42 Å². The summed E-state index contributed by atoms with van der Waals surface area (Å²) in [4.78, 5) is 26.7. The van der Waals surface area contributed by atoms with Crippen LogP contribution in [0.4, 0.5) is 5.82 Å². The van der Waals surface area contributed by atoms with Gasteiger partial charge in [0.1, 0.15) is 5.82 Å². The second-order valence-corrected chi connectivity index (χ2v) is 4.87. The normalized spacial score (nSPS) is 10.2. The SMILES string of the molecule is Cc1ccc(C)c(CC(=O)Nc2cccc(C(=O)O)n2)c1. The summed E-state index contributed by atoms with van der Waals surface area (Å²) in [5, 5.41) is 11.5. The lowest BCUT2D eigenvalue weighted by atomic mass is 10.0. The summed E-state index contributed by atoms with van der Waals surface area (Å²) in [5.74, 6) is -1.11. The maximum absolute atomic E-state index is 12.0. The lowest BCUT2D eigenvalue weighted by Crippen LogP contribution is -2.16. The van der Waals surface area contributed by atoms with E-state index in [0.717, 1.165) is 16.7 Å². The van der Waals surface area contributed by atoms with Crippen molar-refractivity contribution < 1.29 is 14.7 Å². The van der Waals surface area contributed by atoms with Gasteiger partial charge in [-0.1, -0.05) is 29.8 Å². The van der Waals surface area contributed by atoms with E-state index in [2.05, 4.69) is 10.3 Å². The molecule has 108 valence electrons. The second-order valence-electron chi connectivity index (χ2n) is 4.87. The Kier molecular flexibility index (Phi) is 4.33. The van der Waals surface area contributed by atoms with Crippen LogP contribution in [0.5, 0.6) is 0 Å². The van der Waals surface area contributed by atoms with Crippen molar-refractivity contribution in [3.63, 3.8) is 0 Å². The molecular formula is C16H16N2O3. The molecule has 0 spiro atoms. The number of nitrogens with zero attached hydrogens (tertiary/aromatic N) is 1. The highest BCUT2D eigenvalue weighted by molar-refractivity contribution is 5.92. The zero-order valence-corrected chi connectivity index (χ0v) is 11.9. The van der Waals surface area contributed by atoms with Crippen molar-refractivity contribution in [2.45, 2.75) is 20.3 Å². The van der Waals surface area contributed by atoms with Gasteiger partial charge in [-0.2, -0.15) is 0 Å². The second kappa shape index (κ2) is 6.17. The minimum absolute atomic E-state index is 0.0977. The van der Waals surface area contributed by atoms with Crippen LogP contribution in [0.1, 0.15) is 27.2 Å². The Hall–Kier alpha value is -2.69. The molecule has 0 atom stereocenters. The molecule has 1 heterocycles. The summed E-state index contributed by atoms with van der Waals surface area (Å²) in [5.41, 5.74) is 2.99. The molecule has 0 unspecified atom stereocenters. The number of carbonyl (C=O) groups is 2. The number of carboxylic acids is 1. The van der Waals surface area contributed by atoms with Gasteiger partial charge in [-0.15, -0.1) is 0 Å². The van der Waals surface area contributed by atoms with Crippen molar-refractivity contribution in [2.75, 3.05) is 5.32 Å². The van der Waals surface area contributed by atoms with Gasteiger partial charge in [-0.25, -0.2) is 9.78 Å². The van der Waals surface area contributed by atoms with Crippen LogP contribution in [0, 0.1) is 13.8 Å². The van der Waals surface area contributed by atoms with Crippen molar-refractivity contribution >= 4 is 17.7 Å². The van der Waals surface area contributed by atoms with Crippen LogP contribution in [0.3, 0.4) is 0 Å². The van der Waals surface area contributed by atoms with Crippen LogP contribution < -0.4 is 5.32 Å². The quantitative estimate of drug-likeness (QED) is 0.904. The predicted molar refractivity (Wildman–Crippen MR) is 79.4 cm³/mol. The highest BCUT2D eigenvalue weighted by atomic mass is 16.4. The largest absolute Gasteiger partial charge is 0.477 e. The van der Waals surface area contributed by atoms with E-state index in [0.29, 0.717) is 0 Å². The number of rotatable bonds is 4. The number of hydrogen-bond donors (Lipinski definition) is 2. The van der Waals surface area contributed by atoms with Crippen LogP contribution >= 0.6 is 0 Å². The van der Waals surface area contributed by atoms with Gasteiger partial charge < -0.3 is 10.4 Å². The molecule has 0 bridgehead atoms. The van der Waals surface area contributed by atoms with E-state index in [1.807, 2.05) is 32.0 Å². The Labute approximate surface area is 122 Å². The Morgan fingerprint density at radius 1 is 1.19 bits per heavy atom. The highest BCUT2D eigenvalue weighted by Crippen LogP contribution is 2.12. The molecule has 1 aromatic heterocycles. The molecule has 5 nitrogen and oxygen atoms in total. The first-order valence-corrected chi connectivity index (χ1v) is 6.52. The van der Waals surface area contributed by atoms with Gasteiger partial charge in [0.25, 0.3) is 0 Å². The molecule has 0 aliphatic carbocycles. The van der Waals surface area contributed by atoms with Crippen LogP contribution in [0.25, 0.3) is 0 Å². The first-order valence-electron chi connectivity index (χ1n) is 6.52. The van der Waals surface area contributed by atoms with Crippen LogP contribution in [-0.4, -0.2) is 22.0 Å². The average molecular weight is 284 g/mol. The van der Waals surface area contributed by atoms with E-state index in [1.54, 1.807) is 12.1 Å². The third kappa shape index (κ3) is 3.89. The van der Waals surface area contributed by atoms with Gasteiger partial charge in [0.15, 0.2) is 5.69 Å². The standard InChI is InChI=1S/C16H16N2O3/c1-10-6-7-11(2)12(8-10)9-15(19)18-14-5-3-4-13(17-14)16(20)21/h3-8H,9H2,1-2H3,(H,20,21)(H,17,18,19). The number of amides is 1. The van der Waals surface area contributed by atoms with Crippen molar-refractivity contribution in [3.8, 4) is 0 Å². The Morgan fingerprint density at radius 2 is 1.95 bits per heavy atom. The minimum Gasteiger partial charge on any atom is -0.477 e. The zero-order valence-electron chi connectivity index (χ0n) is 11.9. The smallest absolute Gasteiger partial charge is 0.354 e. The molecule has 0 saturated heterocycles. The lowest BCUT2D eigenvalue weighted by Gasteiger charge is -2.08. The van der Waals surface area contributed by atoms with E-state index >= 15 is 0 Å². The number of aromatic carboxylic acids is 1.